The van der Waals surface area contributed by atoms with E-state index in [-0.39, 0.29) is 23.0 Å². The Kier molecular flexibility index (Phi) is 18.9. The van der Waals surface area contributed by atoms with E-state index in [1.807, 2.05) is 0 Å². The average Bonchev–Trinajstić information content (AvgIpc) is 3.04. The zero-order valence-electron chi connectivity index (χ0n) is 29.6. The fourth-order valence-corrected chi connectivity index (χ4v) is 7.82. The van der Waals surface area contributed by atoms with Gasteiger partial charge in [0.25, 0.3) is 0 Å². The number of hydrogen-bond acceptors (Lipinski definition) is 4. The second kappa shape index (κ2) is 22.5. The van der Waals surface area contributed by atoms with Crippen molar-refractivity contribution in [2.75, 3.05) is 0 Å². The van der Waals surface area contributed by atoms with Crippen LogP contribution in [0.1, 0.15) is 153 Å². The van der Waals surface area contributed by atoms with Gasteiger partial charge in [-0.2, -0.15) is 0 Å². The third kappa shape index (κ3) is 13.3. The van der Waals surface area contributed by atoms with Crippen molar-refractivity contribution in [3.63, 3.8) is 0 Å². The highest BCUT2D eigenvalue weighted by atomic mass is 79.9. The fourth-order valence-electron chi connectivity index (χ4n) is 6.74. The molecule has 3 rings (SSSR count). The Bertz CT molecular complexity index is 1240. The van der Waals surface area contributed by atoms with Gasteiger partial charge < -0.3 is 20.4 Å². The van der Waals surface area contributed by atoms with E-state index in [0.29, 0.717) is 31.2 Å². The number of unbranched alkanes of at least 4 members (excludes halogenated alkanes) is 18. The summed E-state index contributed by atoms with van der Waals surface area (Å²) in [5.74, 6) is 0.109. The normalized spacial score (nSPS) is 11.4. The molecule has 0 fully saturated rings. The number of aryl methyl sites for hydroxylation is 2. The van der Waals surface area contributed by atoms with E-state index in [0.717, 1.165) is 49.7 Å². The summed E-state index contributed by atoms with van der Waals surface area (Å²) in [7, 11) is 0. The van der Waals surface area contributed by atoms with Crippen molar-refractivity contribution in [2.24, 2.45) is 0 Å². The maximum Gasteiger partial charge on any atom is 0.127 e. The summed E-state index contributed by atoms with van der Waals surface area (Å²) in [4.78, 5) is 0. The maximum absolute atomic E-state index is 11.0. The number of phenolic OH excluding ortho intramolecular Hbond substituents is 4. The van der Waals surface area contributed by atoms with Gasteiger partial charge in [0.15, 0.2) is 0 Å². The van der Waals surface area contributed by atoms with Crippen molar-refractivity contribution in [3.05, 3.63) is 56.5 Å². The van der Waals surface area contributed by atoms with Gasteiger partial charge in [0.05, 0.1) is 11.1 Å². The summed E-state index contributed by atoms with van der Waals surface area (Å²) in [5.41, 5.74) is 3.77. The molecule has 4 nitrogen and oxygen atoms in total. The Morgan fingerprint density at radius 3 is 0.896 bits per heavy atom. The van der Waals surface area contributed by atoms with Crippen molar-refractivity contribution < 1.29 is 20.4 Å². The van der Waals surface area contributed by atoms with Gasteiger partial charge in [-0.15, -0.1) is 0 Å². The van der Waals surface area contributed by atoms with Crippen molar-refractivity contribution in [1.29, 1.82) is 0 Å². The molecule has 0 bridgehead atoms. The first-order chi connectivity index (χ1) is 23.3. The number of benzene rings is 3. The largest absolute Gasteiger partial charge is 0.507 e. The Morgan fingerprint density at radius 2 is 0.625 bits per heavy atom. The van der Waals surface area contributed by atoms with Crippen LogP contribution < -0.4 is 0 Å². The molecule has 0 aliphatic heterocycles. The predicted molar refractivity (Wildman–Crippen MR) is 210 cm³/mol. The van der Waals surface area contributed by atoms with Crippen molar-refractivity contribution in [1.82, 2.24) is 0 Å². The summed E-state index contributed by atoms with van der Waals surface area (Å²) in [5, 5.41) is 44.0. The number of rotatable bonds is 24. The maximum atomic E-state index is 11.0. The Hall–Kier alpha value is -2.18. The Balaban J connectivity index is 1.56. The van der Waals surface area contributed by atoms with Crippen LogP contribution >= 0.6 is 31.9 Å². The molecule has 3 aromatic carbocycles. The van der Waals surface area contributed by atoms with Crippen molar-refractivity contribution in [3.8, 4) is 45.3 Å². The van der Waals surface area contributed by atoms with Gasteiger partial charge in [0.2, 0.25) is 0 Å². The third-order valence-electron chi connectivity index (χ3n) is 9.55. The van der Waals surface area contributed by atoms with E-state index in [2.05, 4.69) is 45.7 Å². The second-order valence-corrected chi connectivity index (χ2v) is 15.4. The molecule has 48 heavy (non-hydrogen) atoms. The Morgan fingerprint density at radius 1 is 0.375 bits per heavy atom. The molecule has 3 aromatic rings. The number of phenols is 4. The molecule has 6 heteroatoms. The minimum Gasteiger partial charge on any atom is -0.507 e. The van der Waals surface area contributed by atoms with Gasteiger partial charge in [0.1, 0.15) is 23.0 Å². The monoisotopic (exact) mass is 786 g/mol. The first kappa shape index (κ1) is 40.3. The molecule has 0 unspecified atom stereocenters. The molecule has 0 amide bonds. The Labute approximate surface area is 307 Å². The van der Waals surface area contributed by atoms with Gasteiger partial charge in [-0.1, -0.05) is 161 Å². The first-order valence-corrected chi connectivity index (χ1v) is 20.4. The smallest absolute Gasteiger partial charge is 0.127 e. The molecular formula is C42H60Br2O4. The van der Waals surface area contributed by atoms with Gasteiger partial charge in [0, 0.05) is 20.1 Å². The second-order valence-electron chi connectivity index (χ2n) is 13.7. The molecule has 0 aromatic heterocycles. The molecule has 0 spiro atoms. The summed E-state index contributed by atoms with van der Waals surface area (Å²) in [6.07, 6.45) is 27.0. The van der Waals surface area contributed by atoms with Crippen LogP contribution in [0.2, 0.25) is 0 Å². The predicted octanol–water partition coefficient (Wildman–Crippen LogP) is 14.3. The van der Waals surface area contributed by atoms with Crippen LogP contribution in [0, 0.1) is 0 Å². The topological polar surface area (TPSA) is 80.9 Å². The van der Waals surface area contributed by atoms with Crippen LogP contribution in [0.25, 0.3) is 22.3 Å². The van der Waals surface area contributed by atoms with Gasteiger partial charge in [-0.3, -0.25) is 0 Å². The van der Waals surface area contributed by atoms with Crippen LogP contribution in [0.4, 0.5) is 0 Å². The zero-order valence-corrected chi connectivity index (χ0v) is 32.7. The van der Waals surface area contributed by atoms with E-state index < -0.39 is 0 Å². The summed E-state index contributed by atoms with van der Waals surface area (Å²) in [6.45, 7) is 4.50. The van der Waals surface area contributed by atoms with Crippen molar-refractivity contribution >= 4 is 31.9 Å². The quantitative estimate of drug-likeness (QED) is 0.0682. The molecule has 4 N–H and O–H groups in total. The molecule has 0 radical (unpaired) electrons. The lowest BCUT2D eigenvalue weighted by molar-refractivity contribution is 0.451. The van der Waals surface area contributed by atoms with E-state index in [1.54, 1.807) is 36.4 Å². The average molecular weight is 789 g/mol. The molecule has 0 saturated heterocycles. The first-order valence-electron chi connectivity index (χ1n) is 18.9. The summed E-state index contributed by atoms with van der Waals surface area (Å²) >= 11 is 7.25. The third-order valence-corrected chi connectivity index (χ3v) is 10.9. The molecular weight excluding hydrogens is 728 g/mol. The highest BCUT2D eigenvalue weighted by molar-refractivity contribution is 9.11. The van der Waals surface area contributed by atoms with Crippen molar-refractivity contribution in [2.45, 2.75) is 155 Å². The SMILES string of the molecule is CCCCCCCCCCCCc1cc(O)c(-c2cc(Br)c(-c3c(O)cc(CCCCCCCCCCCC)cc3O)cc2Br)c(O)c1. The van der Waals surface area contributed by atoms with Gasteiger partial charge >= 0.3 is 0 Å². The lowest BCUT2D eigenvalue weighted by Crippen LogP contribution is -1.92. The zero-order chi connectivity index (χ0) is 34.7. The summed E-state index contributed by atoms with van der Waals surface area (Å²) in [6, 6.07) is 10.6. The van der Waals surface area contributed by atoms with E-state index in [1.165, 1.54) is 103 Å². The number of aromatic hydroxyl groups is 4. The van der Waals surface area contributed by atoms with E-state index in [4.69, 9.17) is 0 Å². The van der Waals surface area contributed by atoms with Crippen LogP contribution in [-0.2, 0) is 12.8 Å². The minimum absolute atomic E-state index is 0.0273. The molecule has 0 heterocycles. The molecule has 0 atom stereocenters. The minimum atomic E-state index is 0.0273. The molecule has 0 aliphatic rings. The summed E-state index contributed by atoms with van der Waals surface area (Å²) < 4.78 is 1.25. The van der Waals surface area contributed by atoms with E-state index in [9.17, 15) is 20.4 Å². The van der Waals surface area contributed by atoms with E-state index >= 15 is 0 Å². The highest BCUT2D eigenvalue weighted by Crippen LogP contribution is 2.48. The van der Waals surface area contributed by atoms with Crippen LogP contribution in [0.15, 0.2) is 45.3 Å². The lowest BCUT2D eigenvalue weighted by Gasteiger charge is -2.16. The standard InChI is InChI=1S/C42H60Br2O4/c1-3-5-7-9-11-13-15-17-19-21-23-31-25-37(45)41(38(46)26-31)33-29-36(44)34(30-35(33)43)42-39(47)27-32(28-40(42)48)24-22-20-18-16-14-12-10-8-6-4-2/h25-30,45-48H,3-24H2,1-2H3. The van der Waals surface area contributed by atoms with Crippen LogP contribution in [0.3, 0.4) is 0 Å². The van der Waals surface area contributed by atoms with Crippen LogP contribution in [0.5, 0.6) is 23.0 Å². The molecule has 266 valence electrons. The molecule has 0 saturated carbocycles. The van der Waals surface area contributed by atoms with Crippen LogP contribution in [-0.4, -0.2) is 20.4 Å². The molecule has 0 aliphatic carbocycles. The lowest BCUT2D eigenvalue weighted by atomic mass is 9.95. The van der Waals surface area contributed by atoms with Gasteiger partial charge in [-0.05, 0) is 73.2 Å². The number of hydrogen-bond donors (Lipinski definition) is 4. The highest BCUT2D eigenvalue weighted by Gasteiger charge is 2.21. The number of halogens is 2. The fraction of sp³-hybridized carbons (Fsp3) is 0.571. The van der Waals surface area contributed by atoms with Gasteiger partial charge in [-0.25, -0.2) is 0 Å².